The molecule has 1 aliphatic carbocycles. The molecular weight excluding hydrogens is 304 g/mol. The predicted molar refractivity (Wildman–Crippen MR) is 80.9 cm³/mol. The number of halogens is 1. The molecular formula is C14H25BrN4. The first-order valence-electron chi connectivity index (χ1n) is 7.50. The SMILES string of the molecule is CCNC(CC1CCCCCC1)c1c(Br)nnn1C. The fraction of sp³-hybridized carbons (Fsp3) is 0.857. The molecule has 1 heterocycles. The number of hydrogen-bond donors (Lipinski definition) is 1. The van der Waals surface area contributed by atoms with Gasteiger partial charge in [-0.25, -0.2) is 4.68 Å². The molecule has 0 spiro atoms. The summed E-state index contributed by atoms with van der Waals surface area (Å²) in [7, 11) is 1.98. The van der Waals surface area contributed by atoms with Gasteiger partial charge in [0.1, 0.15) is 0 Å². The van der Waals surface area contributed by atoms with Crippen LogP contribution in [0.3, 0.4) is 0 Å². The predicted octanol–water partition coefficient (Wildman–Crippen LogP) is 3.59. The van der Waals surface area contributed by atoms with Crippen molar-refractivity contribution < 1.29 is 0 Å². The molecule has 1 aliphatic rings. The lowest BCUT2D eigenvalue weighted by Gasteiger charge is -2.23. The van der Waals surface area contributed by atoms with Crippen LogP contribution in [-0.2, 0) is 7.05 Å². The van der Waals surface area contributed by atoms with Crippen LogP contribution in [0.1, 0.15) is 63.6 Å². The summed E-state index contributed by atoms with van der Waals surface area (Å²) in [6, 6.07) is 0.363. The van der Waals surface area contributed by atoms with Crippen molar-refractivity contribution in [1.29, 1.82) is 0 Å². The van der Waals surface area contributed by atoms with Gasteiger partial charge in [-0.1, -0.05) is 50.7 Å². The molecule has 0 saturated heterocycles. The maximum Gasteiger partial charge on any atom is 0.153 e. The van der Waals surface area contributed by atoms with E-state index in [1.165, 1.54) is 50.6 Å². The third-order valence-electron chi connectivity index (χ3n) is 4.15. The minimum atomic E-state index is 0.363. The van der Waals surface area contributed by atoms with Crippen molar-refractivity contribution in [3.05, 3.63) is 10.3 Å². The van der Waals surface area contributed by atoms with Gasteiger partial charge in [0.2, 0.25) is 0 Å². The van der Waals surface area contributed by atoms with Gasteiger partial charge < -0.3 is 5.32 Å². The zero-order valence-electron chi connectivity index (χ0n) is 12.0. The molecule has 0 radical (unpaired) electrons. The van der Waals surface area contributed by atoms with Gasteiger partial charge in [0.05, 0.1) is 11.7 Å². The highest BCUT2D eigenvalue weighted by molar-refractivity contribution is 9.10. The Morgan fingerprint density at radius 1 is 1.32 bits per heavy atom. The van der Waals surface area contributed by atoms with Gasteiger partial charge in [-0.3, -0.25) is 0 Å². The highest BCUT2D eigenvalue weighted by Gasteiger charge is 2.23. The van der Waals surface area contributed by atoms with Crippen LogP contribution in [0.2, 0.25) is 0 Å². The van der Waals surface area contributed by atoms with E-state index in [2.05, 4.69) is 38.5 Å². The van der Waals surface area contributed by atoms with Crippen LogP contribution < -0.4 is 5.32 Å². The second-order valence-electron chi connectivity index (χ2n) is 5.59. The van der Waals surface area contributed by atoms with Crippen LogP contribution in [0.5, 0.6) is 0 Å². The number of nitrogens with one attached hydrogen (secondary N) is 1. The molecule has 19 heavy (non-hydrogen) atoms. The molecule has 1 N–H and O–H groups in total. The van der Waals surface area contributed by atoms with Crippen LogP contribution in [0.4, 0.5) is 0 Å². The minimum Gasteiger partial charge on any atom is -0.309 e. The molecule has 1 atom stereocenters. The average molecular weight is 329 g/mol. The highest BCUT2D eigenvalue weighted by atomic mass is 79.9. The van der Waals surface area contributed by atoms with Crippen LogP contribution in [0.15, 0.2) is 4.60 Å². The molecule has 5 heteroatoms. The van der Waals surface area contributed by atoms with E-state index in [4.69, 9.17) is 0 Å². The maximum absolute atomic E-state index is 4.12. The van der Waals surface area contributed by atoms with E-state index in [-0.39, 0.29) is 0 Å². The summed E-state index contributed by atoms with van der Waals surface area (Å²) in [5, 5.41) is 11.8. The van der Waals surface area contributed by atoms with Crippen LogP contribution in [-0.4, -0.2) is 21.5 Å². The second kappa shape index (κ2) is 7.39. The van der Waals surface area contributed by atoms with Crippen molar-refractivity contribution in [1.82, 2.24) is 20.3 Å². The molecule has 1 fully saturated rings. The first-order chi connectivity index (χ1) is 9.22. The lowest BCUT2D eigenvalue weighted by atomic mass is 9.91. The Morgan fingerprint density at radius 3 is 2.53 bits per heavy atom. The molecule has 1 saturated carbocycles. The fourth-order valence-electron chi connectivity index (χ4n) is 3.18. The van der Waals surface area contributed by atoms with Crippen molar-refractivity contribution in [3.8, 4) is 0 Å². The standard InChI is InChI=1S/C14H25BrN4/c1-3-16-12(13-14(15)17-18-19(13)2)10-11-8-6-4-5-7-9-11/h11-12,16H,3-10H2,1-2H3. The Balaban J connectivity index is 2.07. The van der Waals surface area contributed by atoms with E-state index in [1.807, 2.05) is 11.7 Å². The van der Waals surface area contributed by atoms with Gasteiger partial charge in [0, 0.05) is 7.05 Å². The third kappa shape index (κ3) is 4.02. The monoisotopic (exact) mass is 328 g/mol. The molecule has 0 aromatic carbocycles. The van der Waals surface area contributed by atoms with Gasteiger partial charge >= 0.3 is 0 Å². The van der Waals surface area contributed by atoms with Gasteiger partial charge in [0.25, 0.3) is 0 Å². The largest absolute Gasteiger partial charge is 0.309 e. The smallest absolute Gasteiger partial charge is 0.153 e. The maximum atomic E-state index is 4.12. The van der Waals surface area contributed by atoms with Gasteiger partial charge in [-0.2, -0.15) is 0 Å². The zero-order valence-corrected chi connectivity index (χ0v) is 13.6. The van der Waals surface area contributed by atoms with E-state index in [0.717, 1.165) is 17.1 Å². The molecule has 0 aliphatic heterocycles. The zero-order chi connectivity index (χ0) is 13.7. The van der Waals surface area contributed by atoms with E-state index >= 15 is 0 Å². The fourth-order valence-corrected chi connectivity index (χ4v) is 3.78. The van der Waals surface area contributed by atoms with Crippen LogP contribution in [0.25, 0.3) is 0 Å². The Hall–Kier alpha value is -0.420. The molecule has 1 aromatic rings. The van der Waals surface area contributed by atoms with E-state index in [9.17, 15) is 0 Å². The molecule has 4 nitrogen and oxygen atoms in total. The lowest BCUT2D eigenvalue weighted by Crippen LogP contribution is -2.26. The van der Waals surface area contributed by atoms with Crippen molar-refractivity contribution >= 4 is 15.9 Å². The topological polar surface area (TPSA) is 42.7 Å². The summed E-state index contributed by atoms with van der Waals surface area (Å²) >= 11 is 3.53. The van der Waals surface area contributed by atoms with Crippen molar-refractivity contribution in [2.45, 2.75) is 57.9 Å². The van der Waals surface area contributed by atoms with Gasteiger partial charge in [-0.05, 0) is 34.8 Å². The first kappa shape index (κ1) is 15.0. The molecule has 0 amide bonds. The molecule has 1 aromatic heterocycles. The Kier molecular flexibility index (Phi) is 5.82. The first-order valence-corrected chi connectivity index (χ1v) is 8.30. The minimum absolute atomic E-state index is 0.363. The van der Waals surface area contributed by atoms with Crippen molar-refractivity contribution in [2.75, 3.05) is 6.54 Å². The second-order valence-corrected chi connectivity index (χ2v) is 6.34. The average Bonchev–Trinajstić information content (AvgIpc) is 2.60. The highest BCUT2D eigenvalue weighted by Crippen LogP contribution is 2.32. The summed E-state index contributed by atoms with van der Waals surface area (Å²) < 4.78 is 2.78. The molecule has 1 unspecified atom stereocenters. The normalized spacial score (nSPS) is 19.3. The van der Waals surface area contributed by atoms with Gasteiger partial charge in [0.15, 0.2) is 4.60 Å². The summed E-state index contributed by atoms with van der Waals surface area (Å²) in [5.41, 5.74) is 1.19. The third-order valence-corrected chi connectivity index (χ3v) is 4.72. The quantitative estimate of drug-likeness (QED) is 0.840. The number of rotatable bonds is 5. The van der Waals surface area contributed by atoms with Crippen LogP contribution >= 0.6 is 15.9 Å². The van der Waals surface area contributed by atoms with Crippen molar-refractivity contribution in [3.63, 3.8) is 0 Å². The summed E-state index contributed by atoms with van der Waals surface area (Å²) in [6.45, 7) is 3.15. The number of nitrogens with zero attached hydrogens (tertiary/aromatic N) is 3. The summed E-state index contributed by atoms with van der Waals surface area (Å²) in [4.78, 5) is 0. The summed E-state index contributed by atoms with van der Waals surface area (Å²) in [5.74, 6) is 0.841. The van der Waals surface area contributed by atoms with Crippen molar-refractivity contribution in [2.24, 2.45) is 13.0 Å². The van der Waals surface area contributed by atoms with E-state index < -0.39 is 0 Å². The Morgan fingerprint density at radius 2 is 2.00 bits per heavy atom. The molecule has 0 bridgehead atoms. The molecule has 2 rings (SSSR count). The molecule has 108 valence electrons. The Labute approximate surface area is 124 Å². The Bertz CT molecular complexity index is 363. The van der Waals surface area contributed by atoms with E-state index in [1.54, 1.807) is 0 Å². The number of aryl methyl sites for hydroxylation is 1. The summed E-state index contributed by atoms with van der Waals surface area (Å²) in [6.07, 6.45) is 9.59. The van der Waals surface area contributed by atoms with Crippen LogP contribution in [0, 0.1) is 5.92 Å². The number of hydrogen-bond acceptors (Lipinski definition) is 3. The van der Waals surface area contributed by atoms with E-state index in [0.29, 0.717) is 6.04 Å². The number of aromatic nitrogens is 3. The lowest BCUT2D eigenvalue weighted by molar-refractivity contribution is 0.348. The van der Waals surface area contributed by atoms with Gasteiger partial charge in [-0.15, -0.1) is 5.10 Å².